The monoisotopic (exact) mass is 219 g/mol. The predicted octanol–water partition coefficient (Wildman–Crippen LogP) is 2.09. The molecule has 2 nitrogen and oxygen atoms in total. The van der Waals surface area contributed by atoms with Gasteiger partial charge in [0.1, 0.15) is 0 Å². The van der Waals surface area contributed by atoms with Gasteiger partial charge in [-0.05, 0) is 30.7 Å². The van der Waals surface area contributed by atoms with Crippen molar-refractivity contribution in [3.8, 4) is 0 Å². The van der Waals surface area contributed by atoms with Crippen LogP contribution in [-0.4, -0.2) is 11.7 Å². The maximum absolute atomic E-state index is 12.3. The predicted molar refractivity (Wildman–Crippen MR) is 50.1 cm³/mol. The van der Waals surface area contributed by atoms with Gasteiger partial charge in [-0.1, -0.05) is 12.1 Å². The lowest BCUT2D eigenvalue weighted by Crippen LogP contribution is -2.09. The summed E-state index contributed by atoms with van der Waals surface area (Å²) >= 11 is 0. The van der Waals surface area contributed by atoms with Crippen LogP contribution in [0.5, 0.6) is 0 Å². The largest absolute Gasteiger partial charge is 0.416 e. The highest BCUT2D eigenvalue weighted by Crippen LogP contribution is 2.31. The maximum Gasteiger partial charge on any atom is 0.416 e. The third-order valence-corrected chi connectivity index (χ3v) is 2.04. The van der Waals surface area contributed by atoms with Gasteiger partial charge in [-0.2, -0.15) is 13.2 Å². The minimum Gasteiger partial charge on any atom is -0.388 e. The van der Waals surface area contributed by atoms with Gasteiger partial charge in [0, 0.05) is 0 Å². The average Bonchev–Trinajstić information content (AvgIpc) is 2.17. The normalized spacial score (nSPS) is 13.9. The third-order valence-electron chi connectivity index (χ3n) is 2.04. The zero-order valence-electron chi connectivity index (χ0n) is 7.96. The number of aliphatic hydroxyl groups excluding tert-OH is 1. The Kier molecular flexibility index (Phi) is 3.71. The number of hydrogen-bond acceptors (Lipinski definition) is 2. The Morgan fingerprint density at radius 3 is 2.53 bits per heavy atom. The topological polar surface area (TPSA) is 46.2 Å². The van der Waals surface area contributed by atoms with Gasteiger partial charge in [-0.15, -0.1) is 0 Å². The van der Waals surface area contributed by atoms with Crippen LogP contribution in [-0.2, 0) is 6.18 Å². The highest BCUT2D eigenvalue weighted by atomic mass is 19.4. The van der Waals surface area contributed by atoms with Crippen LogP contribution in [0.1, 0.15) is 23.7 Å². The number of rotatable bonds is 3. The van der Waals surface area contributed by atoms with E-state index in [1.807, 2.05) is 0 Å². The van der Waals surface area contributed by atoms with Crippen molar-refractivity contribution in [2.75, 3.05) is 6.54 Å². The first-order valence-corrected chi connectivity index (χ1v) is 4.50. The van der Waals surface area contributed by atoms with Gasteiger partial charge in [-0.3, -0.25) is 0 Å². The van der Waals surface area contributed by atoms with E-state index in [-0.39, 0.29) is 18.5 Å². The summed E-state index contributed by atoms with van der Waals surface area (Å²) in [5.41, 5.74) is 4.70. The van der Waals surface area contributed by atoms with Gasteiger partial charge in [0.2, 0.25) is 0 Å². The van der Waals surface area contributed by atoms with E-state index in [4.69, 9.17) is 5.73 Å². The van der Waals surface area contributed by atoms with Crippen molar-refractivity contribution in [2.45, 2.75) is 18.7 Å². The minimum absolute atomic E-state index is 0.234. The van der Waals surface area contributed by atoms with Crippen LogP contribution in [0, 0.1) is 0 Å². The molecule has 1 aromatic carbocycles. The lowest BCUT2D eigenvalue weighted by Gasteiger charge is -2.12. The molecule has 0 unspecified atom stereocenters. The van der Waals surface area contributed by atoms with E-state index in [1.54, 1.807) is 0 Å². The van der Waals surface area contributed by atoms with Gasteiger partial charge in [0.25, 0.3) is 0 Å². The number of aliphatic hydroxyl groups is 1. The summed E-state index contributed by atoms with van der Waals surface area (Å²) in [4.78, 5) is 0. The van der Waals surface area contributed by atoms with Gasteiger partial charge in [0.15, 0.2) is 0 Å². The summed E-state index contributed by atoms with van der Waals surface area (Å²) in [6.45, 7) is 0.234. The quantitative estimate of drug-likeness (QED) is 0.817. The van der Waals surface area contributed by atoms with Gasteiger partial charge in [0.05, 0.1) is 11.7 Å². The molecule has 1 aromatic rings. The average molecular weight is 219 g/mol. The van der Waals surface area contributed by atoms with E-state index in [2.05, 4.69) is 0 Å². The first-order chi connectivity index (χ1) is 6.95. The molecule has 0 amide bonds. The molecule has 0 saturated heterocycles. The molecule has 0 spiro atoms. The van der Waals surface area contributed by atoms with Crippen molar-refractivity contribution in [2.24, 2.45) is 5.73 Å². The second-order valence-corrected chi connectivity index (χ2v) is 3.22. The highest BCUT2D eigenvalue weighted by Gasteiger charge is 2.30. The lowest BCUT2D eigenvalue weighted by molar-refractivity contribution is -0.137. The van der Waals surface area contributed by atoms with Crippen molar-refractivity contribution >= 4 is 0 Å². The van der Waals surface area contributed by atoms with Crippen LogP contribution in [0.2, 0.25) is 0 Å². The van der Waals surface area contributed by atoms with Gasteiger partial charge >= 0.3 is 6.18 Å². The summed E-state index contributed by atoms with van der Waals surface area (Å²) < 4.78 is 36.9. The van der Waals surface area contributed by atoms with Crippen molar-refractivity contribution in [1.82, 2.24) is 0 Å². The Labute approximate surface area is 85.5 Å². The molecule has 0 aliphatic heterocycles. The molecule has 1 atom stereocenters. The van der Waals surface area contributed by atoms with E-state index in [1.165, 1.54) is 12.1 Å². The third kappa shape index (κ3) is 3.21. The molecule has 0 aromatic heterocycles. The number of alkyl halides is 3. The molecule has 84 valence electrons. The minimum atomic E-state index is -4.38. The summed E-state index contributed by atoms with van der Waals surface area (Å²) in [6, 6.07) is 4.65. The molecule has 0 aliphatic rings. The molecule has 0 aliphatic carbocycles. The number of benzene rings is 1. The fraction of sp³-hybridized carbons (Fsp3) is 0.400. The van der Waals surface area contributed by atoms with Crippen molar-refractivity contribution in [3.63, 3.8) is 0 Å². The second-order valence-electron chi connectivity index (χ2n) is 3.22. The number of nitrogens with two attached hydrogens (primary N) is 1. The van der Waals surface area contributed by atoms with Gasteiger partial charge < -0.3 is 10.8 Å². The zero-order chi connectivity index (χ0) is 11.5. The molecule has 0 fully saturated rings. The molecule has 3 N–H and O–H groups in total. The fourth-order valence-electron chi connectivity index (χ4n) is 1.25. The van der Waals surface area contributed by atoms with Crippen LogP contribution in [0.3, 0.4) is 0 Å². The van der Waals surface area contributed by atoms with E-state index in [0.717, 1.165) is 12.1 Å². The lowest BCUT2D eigenvalue weighted by atomic mass is 10.0. The summed E-state index contributed by atoms with van der Waals surface area (Å²) in [7, 11) is 0. The molecular weight excluding hydrogens is 207 g/mol. The molecule has 0 saturated carbocycles. The second kappa shape index (κ2) is 4.63. The molecule has 0 radical (unpaired) electrons. The van der Waals surface area contributed by atoms with Crippen molar-refractivity contribution in [1.29, 1.82) is 0 Å². The number of halogens is 3. The molecule has 0 heterocycles. The van der Waals surface area contributed by atoms with Crippen LogP contribution < -0.4 is 5.73 Å². The Balaban J connectivity index is 2.92. The number of hydrogen-bond donors (Lipinski definition) is 2. The van der Waals surface area contributed by atoms with E-state index in [0.29, 0.717) is 0 Å². The summed E-state index contributed by atoms with van der Waals surface area (Å²) in [6.07, 6.45) is -5.06. The van der Waals surface area contributed by atoms with E-state index >= 15 is 0 Å². The van der Waals surface area contributed by atoms with Crippen molar-refractivity contribution in [3.05, 3.63) is 35.4 Å². The molecule has 0 bridgehead atoms. The van der Waals surface area contributed by atoms with Crippen LogP contribution in [0.15, 0.2) is 24.3 Å². The summed E-state index contributed by atoms with van der Waals surface area (Å²) in [5.74, 6) is 0. The van der Waals surface area contributed by atoms with Crippen LogP contribution >= 0.6 is 0 Å². The summed E-state index contributed by atoms with van der Waals surface area (Å²) in [5, 5.41) is 9.46. The van der Waals surface area contributed by atoms with Crippen LogP contribution in [0.25, 0.3) is 0 Å². The first-order valence-electron chi connectivity index (χ1n) is 4.50. The molecule has 5 heteroatoms. The smallest absolute Gasteiger partial charge is 0.388 e. The Hall–Kier alpha value is -1.07. The maximum atomic E-state index is 12.3. The van der Waals surface area contributed by atoms with Crippen LogP contribution in [0.4, 0.5) is 13.2 Å². The zero-order valence-corrected chi connectivity index (χ0v) is 7.96. The van der Waals surface area contributed by atoms with Gasteiger partial charge in [-0.25, -0.2) is 0 Å². The molecular formula is C10H12F3NO. The van der Waals surface area contributed by atoms with E-state index < -0.39 is 17.8 Å². The Morgan fingerprint density at radius 1 is 1.33 bits per heavy atom. The molecule has 15 heavy (non-hydrogen) atoms. The Morgan fingerprint density at radius 2 is 2.00 bits per heavy atom. The Bertz CT molecular complexity index is 325. The van der Waals surface area contributed by atoms with Crippen molar-refractivity contribution < 1.29 is 18.3 Å². The van der Waals surface area contributed by atoms with E-state index in [9.17, 15) is 18.3 Å². The SMILES string of the molecule is NCC[C@H](O)c1cccc(C(F)(F)F)c1. The fourth-order valence-corrected chi connectivity index (χ4v) is 1.25. The first kappa shape index (κ1) is 12.0. The molecule has 1 rings (SSSR count). The standard InChI is InChI=1S/C10H12F3NO/c11-10(12,13)8-3-1-2-7(6-8)9(15)4-5-14/h1-3,6,9,15H,4-5,14H2/t9-/m0/s1. The highest BCUT2D eigenvalue weighted by molar-refractivity contribution is 5.27.